The molecule has 0 aliphatic rings. The summed E-state index contributed by atoms with van der Waals surface area (Å²) in [7, 11) is 3.94. The fourth-order valence-corrected chi connectivity index (χ4v) is 2.45. The number of aromatic nitrogens is 1. The van der Waals surface area contributed by atoms with Gasteiger partial charge in [-0.25, -0.2) is 4.79 Å². The number of benzene rings is 1. The molecule has 23 heavy (non-hydrogen) atoms. The minimum absolute atomic E-state index is 0.0662. The number of rotatable bonds is 8. The van der Waals surface area contributed by atoms with E-state index in [1.165, 1.54) is 0 Å². The Labute approximate surface area is 135 Å². The number of nitrogens with one attached hydrogen (secondary N) is 1. The summed E-state index contributed by atoms with van der Waals surface area (Å²) >= 11 is 0. The van der Waals surface area contributed by atoms with Gasteiger partial charge in [0.25, 0.3) is 0 Å². The zero-order valence-corrected chi connectivity index (χ0v) is 13.6. The van der Waals surface area contributed by atoms with Crippen LogP contribution in [0.25, 0.3) is 10.9 Å². The number of aryl methyl sites for hydroxylation is 1. The lowest BCUT2D eigenvalue weighted by molar-refractivity contribution is -0.121. The first-order chi connectivity index (χ1) is 11.0. The quantitative estimate of drug-likeness (QED) is 0.778. The maximum Gasteiger partial charge on any atom is 0.335 e. The number of nitrogens with zero attached hydrogens (tertiary/aromatic N) is 2. The van der Waals surface area contributed by atoms with Crippen LogP contribution >= 0.6 is 0 Å². The first kappa shape index (κ1) is 17.0. The van der Waals surface area contributed by atoms with Gasteiger partial charge in [-0.1, -0.05) is 0 Å². The first-order valence-corrected chi connectivity index (χ1v) is 7.71. The molecule has 1 amide bonds. The standard InChI is InChI=1S/C17H23N3O3/c1-19(2)11-8-18-16(21)4-3-9-20-10-7-13-12-14(17(22)23)5-6-15(13)20/h5-7,10,12H,3-4,8-9,11H2,1-2H3,(H,18,21)(H,22,23). The summed E-state index contributed by atoms with van der Waals surface area (Å²) < 4.78 is 2.05. The van der Waals surface area contributed by atoms with E-state index in [0.29, 0.717) is 13.0 Å². The van der Waals surface area contributed by atoms with Crippen molar-refractivity contribution < 1.29 is 14.7 Å². The van der Waals surface area contributed by atoms with E-state index in [2.05, 4.69) is 5.32 Å². The Kier molecular flexibility index (Phi) is 5.76. The summed E-state index contributed by atoms with van der Waals surface area (Å²) in [5, 5.41) is 12.8. The van der Waals surface area contributed by atoms with E-state index in [4.69, 9.17) is 5.11 Å². The largest absolute Gasteiger partial charge is 0.478 e. The second-order valence-corrected chi connectivity index (χ2v) is 5.84. The van der Waals surface area contributed by atoms with Crippen molar-refractivity contribution in [3.05, 3.63) is 36.0 Å². The summed E-state index contributed by atoms with van der Waals surface area (Å²) in [5.41, 5.74) is 1.28. The maximum absolute atomic E-state index is 11.7. The smallest absolute Gasteiger partial charge is 0.335 e. The summed E-state index contributed by atoms with van der Waals surface area (Å²) in [6, 6.07) is 6.99. The highest BCUT2D eigenvalue weighted by Gasteiger charge is 2.07. The van der Waals surface area contributed by atoms with Crippen LogP contribution in [-0.4, -0.2) is 53.6 Å². The monoisotopic (exact) mass is 317 g/mol. The number of carboxylic acids is 1. The molecule has 124 valence electrons. The van der Waals surface area contributed by atoms with E-state index in [1.807, 2.05) is 41.9 Å². The lowest BCUT2D eigenvalue weighted by Crippen LogP contribution is -2.31. The van der Waals surface area contributed by atoms with Crippen LogP contribution in [0.2, 0.25) is 0 Å². The van der Waals surface area contributed by atoms with Crippen LogP contribution in [0.1, 0.15) is 23.2 Å². The molecular formula is C17H23N3O3. The minimum atomic E-state index is -0.922. The topological polar surface area (TPSA) is 74.6 Å². The number of carboxylic acid groups (broad SMARTS) is 1. The van der Waals surface area contributed by atoms with Gasteiger partial charge in [0, 0.05) is 43.2 Å². The van der Waals surface area contributed by atoms with Crippen LogP contribution < -0.4 is 5.32 Å². The number of hydrogen-bond donors (Lipinski definition) is 2. The molecule has 0 aliphatic heterocycles. The van der Waals surface area contributed by atoms with Gasteiger partial charge < -0.3 is 19.9 Å². The molecule has 0 saturated heterocycles. The van der Waals surface area contributed by atoms with Gasteiger partial charge in [0.1, 0.15) is 0 Å². The molecule has 2 rings (SSSR count). The number of fused-ring (bicyclic) bond motifs is 1. The van der Waals surface area contributed by atoms with E-state index in [9.17, 15) is 9.59 Å². The average Bonchev–Trinajstić information content (AvgIpc) is 2.89. The van der Waals surface area contributed by atoms with Crippen LogP contribution in [0.5, 0.6) is 0 Å². The molecule has 0 aliphatic carbocycles. The third-order valence-electron chi connectivity index (χ3n) is 3.70. The van der Waals surface area contributed by atoms with Crippen molar-refractivity contribution in [2.75, 3.05) is 27.2 Å². The fraction of sp³-hybridized carbons (Fsp3) is 0.412. The van der Waals surface area contributed by atoms with E-state index >= 15 is 0 Å². The molecule has 0 unspecified atom stereocenters. The van der Waals surface area contributed by atoms with Crippen molar-refractivity contribution in [3.63, 3.8) is 0 Å². The molecule has 6 heteroatoms. The van der Waals surface area contributed by atoms with E-state index in [-0.39, 0.29) is 11.5 Å². The molecule has 1 aromatic heterocycles. The molecule has 1 aromatic carbocycles. The van der Waals surface area contributed by atoms with Crippen molar-refractivity contribution in [2.45, 2.75) is 19.4 Å². The Balaban J connectivity index is 1.85. The zero-order valence-electron chi connectivity index (χ0n) is 13.6. The van der Waals surface area contributed by atoms with Crippen molar-refractivity contribution >= 4 is 22.8 Å². The van der Waals surface area contributed by atoms with Gasteiger partial charge >= 0.3 is 5.97 Å². The van der Waals surface area contributed by atoms with Gasteiger partial charge in [-0.15, -0.1) is 0 Å². The molecular weight excluding hydrogens is 294 g/mol. The van der Waals surface area contributed by atoms with Crippen LogP contribution in [0.3, 0.4) is 0 Å². The van der Waals surface area contributed by atoms with Crippen LogP contribution in [0.4, 0.5) is 0 Å². The highest BCUT2D eigenvalue weighted by Crippen LogP contribution is 2.18. The Morgan fingerprint density at radius 1 is 1.26 bits per heavy atom. The predicted molar refractivity (Wildman–Crippen MR) is 89.7 cm³/mol. The molecule has 0 saturated carbocycles. The van der Waals surface area contributed by atoms with Crippen molar-refractivity contribution in [1.29, 1.82) is 0 Å². The van der Waals surface area contributed by atoms with Crippen molar-refractivity contribution in [2.24, 2.45) is 0 Å². The second-order valence-electron chi connectivity index (χ2n) is 5.84. The average molecular weight is 317 g/mol. The number of likely N-dealkylation sites (N-methyl/N-ethyl adjacent to an activating group) is 1. The Bertz CT molecular complexity index is 691. The third kappa shape index (κ3) is 4.82. The summed E-state index contributed by atoms with van der Waals surface area (Å²) in [4.78, 5) is 24.7. The highest BCUT2D eigenvalue weighted by molar-refractivity contribution is 5.93. The molecule has 0 spiro atoms. The van der Waals surface area contributed by atoms with Crippen molar-refractivity contribution in [3.8, 4) is 0 Å². The van der Waals surface area contributed by atoms with Gasteiger partial charge in [0.05, 0.1) is 5.56 Å². The normalized spacial score (nSPS) is 11.1. The second kappa shape index (κ2) is 7.78. The molecule has 0 atom stereocenters. The molecule has 6 nitrogen and oxygen atoms in total. The van der Waals surface area contributed by atoms with Gasteiger partial charge in [0.2, 0.25) is 5.91 Å². The number of hydrogen-bond acceptors (Lipinski definition) is 3. The van der Waals surface area contributed by atoms with E-state index < -0.39 is 5.97 Å². The molecule has 0 fully saturated rings. The predicted octanol–water partition coefficient (Wildman–Crippen LogP) is 1.80. The van der Waals surface area contributed by atoms with Crippen LogP contribution in [0.15, 0.2) is 30.5 Å². The molecule has 0 radical (unpaired) electrons. The van der Waals surface area contributed by atoms with Gasteiger partial charge in [0.15, 0.2) is 0 Å². The first-order valence-electron chi connectivity index (χ1n) is 7.71. The maximum atomic E-state index is 11.7. The van der Waals surface area contributed by atoms with Crippen molar-refractivity contribution in [1.82, 2.24) is 14.8 Å². The zero-order chi connectivity index (χ0) is 16.8. The Morgan fingerprint density at radius 2 is 2.04 bits per heavy atom. The Hall–Kier alpha value is -2.34. The SMILES string of the molecule is CN(C)CCNC(=O)CCCn1ccc2cc(C(=O)O)ccc21. The van der Waals surface area contributed by atoms with Gasteiger partial charge in [-0.2, -0.15) is 0 Å². The Morgan fingerprint density at radius 3 is 2.74 bits per heavy atom. The number of aromatic carboxylic acids is 1. The molecule has 1 heterocycles. The summed E-state index contributed by atoms with van der Waals surface area (Å²) in [6.07, 6.45) is 3.17. The fourth-order valence-electron chi connectivity index (χ4n) is 2.45. The van der Waals surface area contributed by atoms with Gasteiger partial charge in [-0.3, -0.25) is 4.79 Å². The lowest BCUT2D eigenvalue weighted by atomic mass is 10.1. The van der Waals surface area contributed by atoms with E-state index in [0.717, 1.165) is 30.4 Å². The van der Waals surface area contributed by atoms with Crippen LogP contribution in [0, 0.1) is 0 Å². The number of carbonyl (C=O) groups is 2. The number of carbonyl (C=O) groups excluding carboxylic acids is 1. The number of amides is 1. The molecule has 2 N–H and O–H groups in total. The summed E-state index contributed by atoms with van der Waals surface area (Å²) in [5.74, 6) is -0.856. The third-order valence-corrected chi connectivity index (χ3v) is 3.70. The van der Waals surface area contributed by atoms with Crippen LogP contribution in [-0.2, 0) is 11.3 Å². The lowest BCUT2D eigenvalue weighted by Gasteiger charge is -2.10. The minimum Gasteiger partial charge on any atom is -0.478 e. The summed E-state index contributed by atoms with van der Waals surface area (Å²) in [6.45, 7) is 2.23. The molecule has 0 bridgehead atoms. The highest BCUT2D eigenvalue weighted by atomic mass is 16.4. The molecule has 2 aromatic rings. The van der Waals surface area contributed by atoms with Gasteiger partial charge in [-0.05, 0) is 44.8 Å². The van der Waals surface area contributed by atoms with E-state index in [1.54, 1.807) is 12.1 Å².